The van der Waals surface area contributed by atoms with Gasteiger partial charge >= 0.3 is 6.03 Å². The maximum absolute atomic E-state index is 11.4. The number of fused-ring (bicyclic) bond motifs is 3. The normalized spacial score (nSPS) is 11.0. The van der Waals surface area contributed by atoms with Crippen LogP contribution in [-0.4, -0.2) is 37.4 Å². The SMILES string of the molecule is CCn1c2ccccc2c2nnc(SCC(=O)NC(N)=O)nc21. The molecule has 23 heavy (non-hydrogen) atoms. The molecule has 0 saturated heterocycles. The largest absolute Gasteiger partial charge is 0.351 e. The number of primary amides is 1. The Hall–Kier alpha value is -2.68. The van der Waals surface area contributed by atoms with Crippen LogP contribution in [0.4, 0.5) is 4.79 Å². The number of carbonyl (C=O) groups excluding carboxylic acids is 2. The summed E-state index contributed by atoms with van der Waals surface area (Å²) in [4.78, 5) is 26.5. The van der Waals surface area contributed by atoms with Crippen molar-refractivity contribution in [3.8, 4) is 0 Å². The van der Waals surface area contributed by atoms with Gasteiger partial charge in [-0.2, -0.15) is 0 Å². The summed E-state index contributed by atoms with van der Waals surface area (Å²) in [6.07, 6.45) is 0. The van der Waals surface area contributed by atoms with E-state index in [1.54, 1.807) is 0 Å². The first-order chi connectivity index (χ1) is 11.1. The number of thioether (sulfide) groups is 1. The molecular weight excluding hydrogens is 316 g/mol. The van der Waals surface area contributed by atoms with Gasteiger partial charge in [0.2, 0.25) is 11.1 Å². The Morgan fingerprint density at radius 2 is 2.09 bits per heavy atom. The Balaban J connectivity index is 1.94. The first kappa shape index (κ1) is 15.2. The molecule has 0 spiro atoms. The van der Waals surface area contributed by atoms with Crippen molar-refractivity contribution in [2.24, 2.45) is 5.73 Å². The number of urea groups is 1. The molecule has 3 N–H and O–H groups in total. The lowest BCUT2D eigenvalue weighted by molar-refractivity contribution is -0.117. The van der Waals surface area contributed by atoms with Gasteiger partial charge in [0.15, 0.2) is 5.65 Å². The first-order valence-electron chi connectivity index (χ1n) is 6.94. The zero-order valence-corrected chi connectivity index (χ0v) is 13.1. The van der Waals surface area contributed by atoms with Crippen LogP contribution in [0, 0.1) is 0 Å². The van der Waals surface area contributed by atoms with Gasteiger partial charge in [-0.25, -0.2) is 9.78 Å². The quantitative estimate of drug-likeness (QED) is 0.696. The van der Waals surface area contributed by atoms with Crippen LogP contribution in [0.25, 0.3) is 22.1 Å². The Bertz CT molecular complexity index is 907. The van der Waals surface area contributed by atoms with Gasteiger partial charge in [-0.3, -0.25) is 10.1 Å². The minimum atomic E-state index is -0.879. The van der Waals surface area contributed by atoms with Crippen molar-refractivity contribution in [3.05, 3.63) is 24.3 Å². The van der Waals surface area contributed by atoms with E-state index in [9.17, 15) is 9.59 Å². The number of nitrogens with one attached hydrogen (secondary N) is 1. The second-order valence-corrected chi connectivity index (χ2v) is 5.67. The van der Waals surface area contributed by atoms with E-state index in [1.165, 1.54) is 0 Å². The summed E-state index contributed by atoms with van der Waals surface area (Å²) >= 11 is 1.10. The van der Waals surface area contributed by atoms with E-state index in [1.807, 2.05) is 41.1 Å². The molecular formula is C14H14N6O2S. The molecule has 0 aliphatic heterocycles. The highest BCUT2D eigenvalue weighted by Crippen LogP contribution is 2.26. The molecule has 0 aliphatic rings. The van der Waals surface area contributed by atoms with Crippen LogP contribution in [0.1, 0.15) is 6.92 Å². The third-order valence-corrected chi connectivity index (χ3v) is 4.10. The van der Waals surface area contributed by atoms with Gasteiger partial charge in [-0.15, -0.1) is 10.2 Å². The van der Waals surface area contributed by atoms with E-state index in [2.05, 4.69) is 15.2 Å². The van der Waals surface area contributed by atoms with E-state index in [0.717, 1.165) is 40.4 Å². The summed E-state index contributed by atoms with van der Waals surface area (Å²) in [6.45, 7) is 2.77. The Morgan fingerprint density at radius 3 is 2.83 bits per heavy atom. The maximum Gasteiger partial charge on any atom is 0.318 e. The molecule has 3 rings (SSSR count). The van der Waals surface area contributed by atoms with Crippen molar-refractivity contribution >= 4 is 45.8 Å². The van der Waals surface area contributed by atoms with Crippen LogP contribution >= 0.6 is 11.8 Å². The zero-order valence-electron chi connectivity index (χ0n) is 12.3. The van der Waals surface area contributed by atoms with E-state index >= 15 is 0 Å². The highest BCUT2D eigenvalue weighted by atomic mass is 32.2. The summed E-state index contributed by atoms with van der Waals surface area (Å²) in [6, 6.07) is 7.02. The predicted octanol–water partition coefficient (Wildman–Crippen LogP) is 1.29. The average molecular weight is 330 g/mol. The van der Waals surface area contributed by atoms with Crippen LogP contribution in [0.2, 0.25) is 0 Å². The Labute approximate surface area is 135 Å². The minimum absolute atomic E-state index is 0.0114. The Morgan fingerprint density at radius 1 is 1.30 bits per heavy atom. The van der Waals surface area contributed by atoms with Gasteiger partial charge in [0.05, 0.1) is 11.3 Å². The van der Waals surface area contributed by atoms with E-state index in [0.29, 0.717) is 5.16 Å². The number of benzene rings is 1. The van der Waals surface area contributed by atoms with Crippen molar-refractivity contribution in [3.63, 3.8) is 0 Å². The van der Waals surface area contributed by atoms with Gasteiger partial charge in [0, 0.05) is 11.9 Å². The second kappa shape index (κ2) is 6.21. The highest BCUT2D eigenvalue weighted by Gasteiger charge is 2.14. The van der Waals surface area contributed by atoms with Gasteiger partial charge in [-0.05, 0) is 13.0 Å². The van der Waals surface area contributed by atoms with Crippen molar-refractivity contribution in [1.29, 1.82) is 0 Å². The zero-order chi connectivity index (χ0) is 16.4. The molecule has 0 radical (unpaired) electrons. The number of hydrogen-bond acceptors (Lipinski definition) is 6. The molecule has 0 saturated carbocycles. The Kier molecular flexibility index (Phi) is 4.11. The lowest BCUT2D eigenvalue weighted by Crippen LogP contribution is -2.36. The molecule has 2 heterocycles. The molecule has 1 aromatic carbocycles. The number of amides is 3. The minimum Gasteiger partial charge on any atom is -0.351 e. The summed E-state index contributed by atoms with van der Waals surface area (Å²) in [5.74, 6) is -0.509. The number of aryl methyl sites for hydroxylation is 1. The molecule has 0 unspecified atom stereocenters. The fraction of sp³-hybridized carbons (Fsp3) is 0.214. The predicted molar refractivity (Wildman–Crippen MR) is 87.0 cm³/mol. The first-order valence-corrected chi connectivity index (χ1v) is 7.92. The molecule has 0 fully saturated rings. The van der Waals surface area contributed by atoms with Crippen molar-refractivity contribution in [2.75, 3.05) is 5.75 Å². The van der Waals surface area contributed by atoms with Gasteiger partial charge in [0.1, 0.15) is 5.52 Å². The molecule has 0 aliphatic carbocycles. The molecule has 118 valence electrons. The van der Waals surface area contributed by atoms with Crippen LogP contribution in [-0.2, 0) is 11.3 Å². The maximum atomic E-state index is 11.4. The summed E-state index contributed by atoms with van der Waals surface area (Å²) < 4.78 is 2.05. The summed E-state index contributed by atoms with van der Waals surface area (Å²) in [7, 11) is 0. The smallest absolute Gasteiger partial charge is 0.318 e. The fourth-order valence-corrected chi connectivity index (χ4v) is 2.96. The van der Waals surface area contributed by atoms with E-state index < -0.39 is 11.9 Å². The molecule has 3 aromatic rings. The van der Waals surface area contributed by atoms with Gasteiger partial charge in [0.25, 0.3) is 0 Å². The number of rotatable bonds is 4. The number of aromatic nitrogens is 4. The van der Waals surface area contributed by atoms with Crippen LogP contribution in [0.5, 0.6) is 0 Å². The van der Waals surface area contributed by atoms with Gasteiger partial charge < -0.3 is 10.3 Å². The number of imide groups is 1. The number of hydrogen-bond donors (Lipinski definition) is 2. The van der Waals surface area contributed by atoms with Crippen LogP contribution in [0.15, 0.2) is 29.4 Å². The van der Waals surface area contributed by atoms with Crippen LogP contribution in [0.3, 0.4) is 0 Å². The monoisotopic (exact) mass is 330 g/mol. The van der Waals surface area contributed by atoms with Crippen molar-refractivity contribution in [1.82, 2.24) is 25.1 Å². The third-order valence-electron chi connectivity index (χ3n) is 3.27. The van der Waals surface area contributed by atoms with Crippen molar-refractivity contribution in [2.45, 2.75) is 18.6 Å². The second-order valence-electron chi connectivity index (χ2n) is 4.73. The summed E-state index contributed by atoms with van der Waals surface area (Å²) in [5.41, 5.74) is 7.39. The third kappa shape index (κ3) is 2.95. The van der Waals surface area contributed by atoms with Crippen LogP contribution < -0.4 is 11.1 Å². The van der Waals surface area contributed by atoms with Gasteiger partial charge in [-0.1, -0.05) is 30.0 Å². The topological polar surface area (TPSA) is 116 Å². The molecule has 8 nitrogen and oxygen atoms in total. The lowest BCUT2D eigenvalue weighted by atomic mass is 10.2. The number of para-hydroxylation sites is 1. The molecule has 0 atom stereocenters. The van der Waals surface area contributed by atoms with E-state index in [-0.39, 0.29) is 5.75 Å². The fourth-order valence-electron chi connectivity index (χ4n) is 2.37. The number of nitrogens with two attached hydrogens (primary N) is 1. The number of carbonyl (C=O) groups is 2. The van der Waals surface area contributed by atoms with E-state index in [4.69, 9.17) is 5.73 Å². The van der Waals surface area contributed by atoms with Crippen molar-refractivity contribution < 1.29 is 9.59 Å². The average Bonchev–Trinajstić information content (AvgIpc) is 2.85. The summed E-state index contributed by atoms with van der Waals surface area (Å²) in [5, 5.41) is 11.6. The highest BCUT2D eigenvalue weighted by molar-refractivity contribution is 7.99. The molecule has 9 heteroatoms. The lowest BCUT2D eigenvalue weighted by Gasteiger charge is -2.03. The molecule has 2 aromatic heterocycles. The standard InChI is InChI=1S/C14H14N6O2S/c1-2-20-9-6-4-3-5-8(9)11-12(20)17-14(19-18-11)23-7-10(21)16-13(15)22/h3-6H,2,7H2,1H3,(H3,15,16,21,22). The molecule has 3 amide bonds. The number of nitrogens with zero attached hydrogens (tertiary/aromatic N) is 4. The molecule has 0 bridgehead atoms.